The molecule has 2 aliphatic rings. The van der Waals surface area contributed by atoms with Crippen LogP contribution in [0, 0.1) is 46.9 Å². The summed E-state index contributed by atoms with van der Waals surface area (Å²) in [5, 5.41) is 0. The van der Waals surface area contributed by atoms with E-state index in [0.717, 1.165) is 50.7 Å². The van der Waals surface area contributed by atoms with Crippen molar-refractivity contribution in [3.63, 3.8) is 0 Å². The molecule has 0 saturated heterocycles. The molecule has 244 valence electrons. The molecular formula is C32H36Cl2F6O4. The lowest BCUT2D eigenvalue weighted by Gasteiger charge is -2.32. The number of ether oxygens (including phenoxy) is 3. The third kappa shape index (κ3) is 8.27. The number of rotatable bonds is 11. The highest BCUT2D eigenvalue weighted by molar-refractivity contribution is 6.48. The molecule has 4 nitrogen and oxygen atoms in total. The number of benzene rings is 2. The molecule has 0 unspecified atom stereocenters. The largest absolute Gasteiger partial charge is 0.490 e. The Hall–Kier alpha value is -2.33. The average molecular weight is 670 g/mol. The van der Waals surface area contributed by atoms with E-state index in [1.807, 2.05) is 0 Å². The molecule has 0 atom stereocenters. The van der Waals surface area contributed by atoms with Gasteiger partial charge in [-0.05, 0) is 87.5 Å². The molecule has 0 aromatic heterocycles. The van der Waals surface area contributed by atoms with Gasteiger partial charge in [0, 0.05) is 0 Å². The van der Waals surface area contributed by atoms with Crippen LogP contribution in [0.5, 0.6) is 17.2 Å². The van der Waals surface area contributed by atoms with Gasteiger partial charge in [-0.1, -0.05) is 32.6 Å². The van der Waals surface area contributed by atoms with E-state index in [-0.39, 0.29) is 18.4 Å². The van der Waals surface area contributed by atoms with Crippen LogP contribution in [0.2, 0.25) is 0 Å². The van der Waals surface area contributed by atoms with Crippen LogP contribution in [0.15, 0.2) is 24.3 Å². The predicted molar refractivity (Wildman–Crippen MR) is 154 cm³/mol. The lowest BCUT2D eigenvalue weighted by atomic mass is 9.80. The maximum Gasteiger partial charge on any atom is 0.429 e. The van der Waals surface area contributed by atoms with Gasteiger partial charge >= 0.3 is 12.1 Å². The first-order chi connectivity index (χ1) is 20.7. The van der Waals surface area contributed by atoms with E-state index >= 15 is 0 Å². The highest BCUT2D eigenvalue weighted by atomic mass is 35.5. The Morgan fingerprint density at radius 2 is 1.34 bits per heavy atom. The number of alkyl halides is 4. The maximum atomic E-state index is 14.9. The summed E-state index contributed by atoms with van der Waals surface area (Å²) in [5.74, 6) is -10.6. The second-order valence-electron chi connectivity index (χ2n) is 12.0. The lowest BCUT2D eigenvalue weighted by molar-refractivity contribution is -0.189. The van der Waals surface area contributed by atoms with Crippen molar-refractivity contribution in [3.8, 4) is 17.2 Å². The first-order valence-electron chi connectivity index (χ1n) is 15.0. The van der Waals surface area contributed by atoms with Crippen molar-refractivity contribution in [2.45, 2.75) is 88.5 Å². The minimum atomic E-state index is -4.62. The third-order valence-corrected chi connectivity index (χ3v) is 9.35. The van der Waals surface area contributed by atoms with Crippen molar-refractivity contribution in [3.05, 3.63) is 53.1 Å². The highest BCUT2D eigenvalue weighted by Gasteiger charge is 2.41. The zero-order chi connectivity index (χ0) is 32.2. The van der Waals surface area contributed by atoms with Crippen LogP contribution in [-0.2, 0) is 10.9 Å². The maximum absolute atomic E-state index is 14.9. The molecule has 12 heteroatoms. The van der Waals surface area contributed by atoms with Crippen LogP contribution in [0.3, 0.4) is 0 Å². The van der Waals surface area contributed by atoms with Crippen molar-refractivity contribution < 1.29 is 45.3 Å². The Morgan fingerprint density at radius 3 is 1.95 bits per heavy atom. The van der Waals surface area contributed by atoms with Gasteiger partial charge in [-0.25, -0.2) is 4.39 Å². The number of carbonyl (C=O) groups excluding carboxylic acids is 1. The monoisotopic (exact) mass is 668 g/mol. The molecule has 4 rings (SSSR count). The topological polar surface area (TPSA) is 44.8 Å². The predicted octanol–water partition coefficient (Wildman–Crippen LogP) is 10.3. The van der Waals surface area contributed by atoms with E-state index in [2.05, 4.69) is 11.7 Å². The van der Waals surface area contributed by atoms with Crippen LogP contribution >= 0.6 is 23.2 Å². The smallest absolute Gasteiger partial charge is 0.429 e. The first-order valence-corrected chi connectivity index (χ1v) is 15.7. The van der Waals surface area contributed by atoms with E-state index in [1.54, 1.807) is 6.92 Å². The van der Waals surface area contributed by atoms with Crippen LogP contribution in [0.25, 0.3) is 0 Å². The molecule has 2 aromatic carbocycles. The minimum Gasteiger partial charge on any atom is -0.490 e. The minimum absolute atomic E-state index is 0.0623. The van der Waals surface area contributed by atoms with E-state index < -0.39 is 68.4 Å². The van der Waals surface area contributed by atoms with Gasteiger partial charge in [-0.3, -0.25) is 4.79 Å². The fourth-order valence-corrected chi connectivity index (χ4v) is 6.50. The van der Waals surface area contributed by atoms with Crippen molar-refractivity contribution in [1.82, 2.24) is 0 Å². The summed E-state index contributed by atoms with van der Waals surface area (Å²) >= 11 is 12.3. The summed E-state index contributed by atoms with van der Waals surface area (Å²) in [7, 11) is 0. The van der Waals surface area contributed by atoms with Crippen molar-refractivity contribution >= 4 is 29.2 Å². The molecule has 0 radical (unpaired) electrons. The Bertz CT molecular complexity index is 1300. The Morgan fingerprint density at radius 1 is 0.795 bits per heavy atom. The van der Waals surface area contributed by atoms with Crippen LogP contribution in [0.1, 0.15) is 83.6 Å². The molecule has 0 aliphatic heterocycles. The zero-order valence-electron chi connectivity index (χ0n) is 24.6. The molecular weight excluding hydrogens is 633 g/mol. The standard InChI is InChI=1S/C32H36Cl2F6O4/c1-3-4-18-5-7-19(8-6-18)17-42-23-15-16-25(29(38)27(23)36)44-32(39,40)22-13-14-24(28(37)26(22)35)43-30(41)20-9-11-21(12-10-20)31(2,33)34/h13-16,18-21H,3-12,17H2,1-2H3. The zero-order valence-corrected chi connectivity index (χ0v) is 26.1. The highest BCUT2D eigenvalue weighted by Crippen LogP contribution is 2.43. The van der Waals surface area contributed by atoms with E-state index in [1.165, 1.54) is 0 Å². The van der Waals surface area contributed by atoms with Gasteiger partial charge < -0.3 is 14.2 Å². The molecule has 0 N–H and O–H groups in total. The fraction of sp³-hybridized carbons (Fsp3) is 0.594. The van der Waals surface area contributed by atoms with E-state index in [9.17, 15) is 31.1 Å². The Balaban J connectivity index is 1.38. The summed E-state index contributed by atoms with van der Waals surface area (Å²) in [6.45, 7) is 3.93. The number of hydrogen-bond donors (Lipinski definition) is 0. The molecule has 0 bridgehead atoms. The fourth-order valence-electron chi connectivity index (χ4n) is 6.06. The van der Waals surface area contributed by atoms with Gasteiger partial charge in [-0.2, -0.15) is 22.0 Å². The summed E-state index contributed by atoms with van der Waals surface area (Å²) in [6.07, 6.45) is 3.21. The second-order valence-corrected chi connectivity index (χ2v) is 13.7. The molecule has 2 aromatic rings. The number of halogens is 8. The SMILES string of the molecule is CCCC1CCC(COc2ccc(OC(F)(F)c3ccc(OC(=O)C4CCC(C(C)(Cl)Cl)CC4)c(F)c3F)c(F)c2F)CC1. The molecule has 2 fully saturated rings. The normalized spacial score (nSPS) is 22.9. The number of hydrogen-bond acceptors (Lipinski definition) is 4. The number of carbonyl (C=O) groups is 1. The van der Waals surface area contributed by atoms with Crippen LogP contribution in [0.4, 0.5) is 26.3 Å². The summed E-state index contributed by atoms with van der Waals surface area (Å²) < 4.78 is 103. The van der Waals surface area contributed by atoms with Gasteiger partial charge in [-0.15, -0.1) is 23.2 Å². The van der Waals surface area contributed by atoms with Crippen molar-refractivity contribution in [2.24, 2.45) is 23.7 Å². The van der Waals surface area contributed by atoms with E-state index in [0.29, 0.717) is 43.7 Å². The second kappa shape index (κ2) is 14.4. The molecule has 44 heavy (non-hydrogen) atoms. The summed E-state index contributed by atoms with van der Waals surface area (Å²) in [6, 6.07) is 2.77. The molecule has 2 aliphatic carbocycles. The van der Waals surface area contributed by atoms with Gasteiger partial charge in [0.25, 0.3) is 0 Å². The van der Waals surface area contributed by atoms with E-state index in [4.69, 9.17) is 32.7 Å². The Labute approximate surface area is 263 Å². The summed E-state index contributed by atoms with van der Waals surface area (Å²) in [5.41, 5.74) is -1.60. The average Bonchev–Trinajstić information content (AvgIpc) is 2.98. The van der Waals surface area contributed by atoms with Gasteiger partial charge in [0.1, 0.15) is 9.90 Å². The summed E-state index contributed by atoms with van der Waals surface area (Å²) in [4.78, 5) is 12.5. The van der Waals surface area contributed by atoms with Crippen molar-refractivity contribution in [1.29, 1.82) is 0 Å². The molecule has 0 heterocycles. The lowest BCUT2D eigenvalue weighted by Crippen LogP contribution is -2.31. The molecule has 2 saturated carbocycles. The Kier molecular flexibility index (Phi) is 11.3. The quantitative estimate of drug-likeness (QED) is 0.103. The molecule has 0 amide bonds. The molecule has 0 spiro atoms. The first kappa shape index (κ1) is 34.5. The number of esters is 1. The van der Waals surface area contributed by atoms with Crippen LogP contribution < -0.4 is 14.2 Å². The van der Waals surface area contributed by atoms with Gasteiger partial charge in [0.2, 0.25) is 17.5 Å². The van der Waals surface area contributed by atoms with Crippen molar-refractivity contribution in [2.75, 3.05) is 6.61 Å². The van der Waals surface area contributed by atoms with Crippen LogP contribution in [-0.4, -0.2) is 16.9 Å². The third-order valence-electron chi connectivity index (χ3n) is 8.74. The van der Waals surface area contributed by atoms with Gasteiger partial charge in [0.05, 0.1) is 12.5 Å². The van der Waals surface area contributed by atoms with Gasteiger partial charge in [0.15, 0.2) is 23.1 Å².